The van der Waals surface area contributed by atoms with Crippen LogP contribution in [0, 0.1) is 3.57 Å². The topological polar surface area (TPSA) is 38.8 Å². The molecule has 0 bridgehead atoms. The minimum Gasteiger partial charge on any atom is -0.490 e. The Morgan fingerprint density at radius 3 is 2.53 bits per heavy atom. The number of thioether (sulfide) groups is 1. The van der Waals surface area contributed by atoms with Gasteiger partial charge in [-0.05, 0) is 70.3 Å². The quantitative estimate of drug-likeness (QED) is 0.119. The molecule has 1 aliphatic heterocycles. The van der Waals surface area contributed by atoms with E-state index in [0.29, 0.717) is 33.9 Å². The number of benzene rings is 4. The highest BCUT2D eigenvalue weighted by molar-refractivity contribution is 14.1. The molecule has 0 atom stereocenters. The van der Waals surface area contributed by atoms with E-state index in [9.17, 15) is 4.79 Å². The van der Waals surface area contributed by atoms with Gasteiger partial charge >= 0.3 is 0 Å². The summed E-state index contributed by atoms with van der Waals surface area (Å²) in [4.78, 5) is 15.7. The predicted molar refractivity (Wildman–Crippen MR) is 161 cm³/mol. The molecule has 1 fully saturated rings. The molecule has 4 aromatic rings. The molecule has 1 aliphatic rings. The molecule has 4 nitrogen and oxygen atoms in total. The van der Waals surface area contributed by atoms with Crippen LogP contribution in [0.15, 0.2) is 89.8 Å². The molecule has 0 aliphatic carbocycles. The van der Waals surface area contributed by atoms with Gasteiger partial charge in [-0.1, -0.05) is 90.7 Å². The third kappa shape index (κ3) is 5.14. The van der Waals surface area contributed by atoms with Crippen LogP contribution in [-0.2, 0) is 11.4 Å². The van der Waals surface area contributed by atoms with Crippen LogP contribution in [0.25, 0.3) is 16.8 Å². The summed E-state index contributed by atoms with van der Waals surface area (Å²) in [7, 11) is 0. The Labute approximate surface area is 233 Å². The van der Waals surface area contributed by atoms with Crippen molar-refractivity contribution >= 4 is 79.3 Å². The Balaban J connectivity index is 1.45. The van der Waals surface area contributed by atoms with Gasteiger partial charge in [0.1, 0.15) is 6.61 Å². The van der Waals surface area contributed by atoms with Gasteiger partial charge in [-0.15, -0.1) is 0 Å². The molecule has 0 unspecified atom stereocenters. The van der Waals surface area contributed by atoms with E-state index in [1.807, 2.05) is 97.9 Å². The van der Waals surface area contributed by atoms with Crippen LogP contribution >= 0.6 is 46.6 Å². The van der Waals surface area contributed by atoms with E-state index >= 15 is 0 Å². The van der Waals surface area contributed by atoms with E-state index in [4.69, 9.17) is 21.7 Å². The zero-order chi connectivity index (χ0) is 25.1. The summed E-state index contributed by atoms with van der Waals surface area (Å²) in [5.74, 6) is 1.22. The van der Waals surface area contributed by atoms with Gasteiger partial charge in [0.05, 0.1) is 20.8 Å². The fourth-order valence-electron chi connectivity index (χ4n) is 4.03. The summed E-state index contributed by atoms with van der Waals surface area (Å²) >= 11 is 9.19. The molecule has 180 valence electrons. The van der Waals surface area contributed by atoms with Crippen molar-refractivity contribution in [2.45, 2.75) is 13.5 Å². The number of rotatable bonds is 7. The van der Waals surface area contributed by atoms with Gasteiger partial charge < -0.3 is 9.47 Å². The fourth-order valence-corrected chi connectivity index (χ4v) is 6.10. The minimum absolute atomic E-state index is 0.126. The molecule has 1 heterocycles. The lowest BCUT2D eigenvalue weighted by Gasteiger charge is -2.17. The maximum Gasteiger partial charge on any atom is 0.270 e. The monoisotopic (exact) mass is 623 g/mol. The van der Waals surface area contributed by atoms with Gasteiger partial charge in [0, 0.05) is 5.39 Å². The SMILES string of the molecule is CCOc1cc(/C=C2\SC(=S)N(c3cccc4ccccc34)C2=O)cc(I)c1OCc1ccccc1. The average molecular weight is 624 g/mol. The lowest BCUT2D eigenvalue weighted by atomic mass is 10.1. The van der Waals surface area contributed by atoms with Crippen molar-refractivity contribution in [1.29, 1.82) is 0 Å². The number of amides is 1. The van der Waals surface area contributed by atoms with Gasteiger partial charge in [-0.3, -0.25) is 9.69 Å². The molecule has 0 aromatic heterocycles. The molecule has 1 saturated heterocycles. The van der Waals surface area contributed by atoms with Crippen molar-refractivity contribution in [3.05, 3.63) is 105 Å². The number of thiocarbonyl (C=S) groups is 1. The Morgan fingerprint density at radius 1 is 0.972 bits per heavy atom. The number of anilines is 1. The summed E-state index contributed by atoms with van der Waals surface area (Å²) in [5, 5.41) is 2.06. The Bertz CT molecular complexity index is 1480. The highest BCUT2D eigenvalue weighted by Crippen LogP contribution is 2.40. The normalized spacial score (nSPS) is 14.6. The number of hydrogen-bond donors (Lipinski definition) is 0. The van der Waals surface area contributed by atoms with Crippen molar-refractivity contribution < 1.29 is 14.3 Å². The molecule has 0 saturated carbocycles. The van der Waals surface area contributed by atoms with Gasteiger partial charge in [0.15, 0.2) is 15.8 Å². The first-order chi connectivity index (χ1) is 17.5. The van der Waals surface area contributed by atoms with Crippen LogP contribution in [0.2, 0.25) is 0 Å². The molecule has 1 amide bonds. The van der Waals surface area contributed by atoms with Gasteiger partial charge in [-0.25, -0.2) is 0 Å². The van der Waals surface area contributed by atoms with Crippen LogP contribution in [0.5, 0.6) is 11.5 Å². The Morgan fingerprint density at radius 2 is 1.72 bits per heavy atom. The zero-order valence-corrected chi connectivity index (χ0v) is 23.2. The number of carbonyl (C=O) groups is 1. The molecular weight excluding hydrogens is 601 g/mol. The molecule has 0 spiro atoms. The van der Waals surface area contributed by atoms with Crippen LogP contribution in [0.1, 0.15) is 18.1 Å². The molecule has 4 aromatic carbocycles. The Kier molecular flexibility index (Phi) is 7.59. The first-order valence-corrected chi connectivity index (χ1v) is 13.7. The summed E-state index contributed by atoms with van der Waals surface area (Å²) in [6.07, 6.45) is 1.87. The molecule has 0 radical (unpaired) electrons. The number of hydrogen-bond acceptors (Lipinski definition) is 5. The zero-order valence-electron chi connectivity index (χ0n) is 19.4. The standard InChI is InChI=1S/C29H22INO3S2/c1-2-33-25-16-20(15-23(30)27(25)34-18-19-9-4-3-5-10-19)17-26-28(32)31(29(35)36-26)24-14-8-12-21-11-6-7-13-22(21)24/h3-17H,2,18H2,1H3/b26-17-. The van der Waals surface area contributed by atoms with E-state index in [1.165, 1.54) is 11.8 Å². The maximum atomic E-state index is 13.5. The predicted octanol–water partition coefficient (Wildman–Crippen LogP) is 7.83. The molecule has 7 heteroatoms. The van der Waals surface area contributed by atoms with Crippen LogP contribution in [0.4, 0.5) is 5.69 Å². The van der Waals surface area contributed by atoms with Gasteiger partial charge in [0.2, 0.25) is 0 Å². The van der Waals surface area contributed by atoms with E-state index in [1.54, 1.807) is 4.90 Å². The summed E-state index contributed by atoms with van der Waals surface area (Å²) in [6, 6.07) is 27.8. The van der Waals surface area contributed by atoms with Crippen molar-refractivity contribution in [3.63, 3.8) is 0 Å². The van der Waals surface area contributed by atoms with Gasteiger partial charge in [0.25, 0.3) is 5.91 Å². The van der Waals surface area contributed by atoms with Crippen molar-refractivity contribution in [2.24, 2.45) is 0 Å². The fraction of sp³-hybridized carbons (Fsp3) is 0.103. The third-order valence-corrected chi connectivity index (χ3v) is 7.76. The van der Waals surface area contributed by atoms with Crippen LogP contribution in [-0.4, -0.2) is 16.8 Å². The van der Waals surface area contributed by atoms with Crippen molar-refractivity contribution in [1.82, 2.24) is 0 Å². The summed E-state index contributed by atoms with van der Waals surface area (Å²) in [6.45, 7) is 2.89. The van der Waals surface area contributed by atoms with Crippen LogP contribution < -0.4 is 14.4 Å². The average Bonchev–Trinajstić information content (AvgIpc) is 3.16. The third-order valence-electron chi connectivity index (χ3n) is 5.66. The van der Waals surface area contributed by atoms with Gasteiger partial charge in [-0.2, -0.15) is 0 Å². The molecule has 5 rings (SSSR count). The number of nitrogens with zero attached hydrogens (tertiary/aromatic N) is 1. The maximum absolute atomic E-state index is 13.5. The van der Waals surface area contributed by atoms with E-state index in [0.717, 1.165) is 31.2 Å². The molecule has 0 N–H and O–H groups in total. The second kappa shape index (κ2) is 11.0. The molecule has 36 heavy (non-hydrogen) atoms. The van der Waals surface area contributed by atoms with Crippen molar-refractivity contribution in [2.75, 3.05) is 11.5 Å². The summed E-state index contributed by atoms with van der Waals surface area (Å²) < 4.78 is 13.5. The first kappa shape index (κ1) is 24.8. The van der Waals surface area contributed by atoms with Crippen LogP contribution in [0.3, 0.4) is 0 Å². The number of halogens is 1. The molecular formula is C29H22INO3S2. The number of ether oxygens (including phenoxy) is 2. The largest absolute Gasteiger partial charge is 0.490 e. The second-order valence-electron chi connectivity index (χ2n) is 8.05. The lowest BCUT2D eigenvalue weighted by molar-refractivity contribution is -0.113. The van der Waals surface area contributed by atoms with E-state index < -0.39 is 0 Å². The Hall–Kier alpha value is -2.88. The lowest BCUT2D eigenvalue weighted by Crippen LogP contribution is -2.27. The highest BCUT2D eigenvalue weighted by atomic mass is 127. The smallest absolute Gasteiger partial charge is 0.270 e. The van der Waals surface area contributed by atoms with E-state index in [-0.39, 0.29) is 5.91 Å². The van der Waals surface area contributed by atoms with Crippen molar-refractivity contribution in [3.8, 4) is 11.5 Å². The first-order valence-electron chi connectivity index (χ1n) is 11.4. The van der Waals surface area contributed by atoms with E-state index in [2.05, 4.69) is 22.6 Å². The second-order valence-corrected chi connectivity index (χ2v) is 10.9. The number of fused-ring (bicyclic) bond motifs is 1. The highest BCUT2D eigenvalue weighted by Gasteiger charge is 2.34. The summed E-state index contributed by atoms with van der Waals surface area (Å²) in [5.41, 5.74) is 2.73. The number of carbonyl (C=O) groups excluding carboxylic acids is 1. The minimum atomic E-state index is -0.126.